The molecule has 1 aromatic carbocycles. The maximum Gasteiger partial charge on any atom is 0.139 e. The predicted octanol–water partition coefficient (Wildman–Crippen LogP) is 2.58. The van der Waals surface area contributed by atoms with Gasteiger partial charge < -0.3 is 16.3 Å². The molecule has 0 aliphatic heterocycles. The van der Waals surface area contributed by atoms with Gasteiger partial charge in [-0.05, 0) is 30.5 Å². The van der Waals surface area contributed by atoms with Crippen molar-refractivity contribution in [2.45, 2.75) is 32.6 Å². The van der Waals surface area contributed by atoms with E-state index in [0.29, 0.717) is 6.42 Å². The molecule has 17 heavy (non-hydrogen) atoms. The molecule has 0 aromatic heterocycles. The number of anilines is 1. The minimum atomic E-state index is 0.282. The lowest BCUT2D eigenvalue weighted by atomic mass is 10.1. The Hall–Kier alpha value is -1.71. The average molecular weight is 235 g/mol. The normalized spacial score (nSPS) is 11.5. The van der Waals surface area contributed by atoms with Gasteiger partial charge in [0.05, 0.1) is 0 Å². The Morgan fingerprint density at radius 2 is 2.06 bits per heavy atom. The fourth-order valence-corrected chi connectivity index (χ4v) is 1.63. The summed E-state index contributed by atoms with van der Waals surface area (Å²) in [6, 6.07) is 8.48. The topological polar surface area (TPSA) is 70.6 Å². The van der Waals surface area contributed by atoms with Crippen molar-refractivity contribution < 1.29 is 5.21 Å². The van der Waals surface area contributed by atoms with Gasteiger partial charge in [0.2, 0.25) is 0 Å². The first-order chi connectivity index (χ1) is 8.26. The largest absolute Gasteiger partial charge is 0.409 e. The molecule has 0 saturated carbocycles. The fraction of sp³-hybridized carbons (Fsp3) is 0.462. The molecular weight excluding hydrogens is 214 g/mol. The lowest BCUT2D eigenvalue weighted by molar-refractivity contribution is 0.316. The van der Waals surface area contributed by atoms with Crippen LogP contribution in [0.4, 0.5) is 5.69 Å². The summed E-state index contributed by atoms with van der Waals surface area (Å²) < 4.78 is 0. The van der Waals surface area contributed by atoms with E-state index in [4.69, 9.17) is 10.9 Å². The predicted molar refractivity (Wildman–Crippen MR) is 71.6 cm³/mol. The molecule has 1 aromatic rings. The van der Waals surface area contributed by atoms with E-state index >= 15 is 0 Å². The van der Waals surface area contributed by atoms with E-state index in [2.05, 4.69) is 41.7 Å². The van der Waals surface area contributed by atoms with E-state index in [-0.39, 0.29) is 5.84 Å². The Morgan fingerprint density at radius 3 is 2.65 bits per heavy atom. The molecule has 0 fully saturated rings. The SMILES string of the molecule is CCCc1ccc(NCCCC(N)=NO)cc1. The van der Waals surface area contributed by atoms with Gasteiger partial charge in [0, 0.05) is 18.7 Å². The Kier molecular flexibility index (Phi) is 5.93. The van der Waals surface area contributed by atoms with Crippen molar-refractivity contribution in [2.75, 3.05) is 11.9 Å². The summed E-state index contributed by atoms with van der Waals surface area (Å²) >= 11 is 0. The smallest absolute Gasteiger partial charge is 0.139 e. The number of benzene rings is 1. The highest BCUT2D eigenvalue weighted by molar-refractivity contribution is 5.79. The third-order valence-electron chi connectivity index (χ3n) is 2.56. The van der Waals surface area contributed by atoms with Crippen LogP contribution in [0.15, 0.2) is 29.4 Å². The number of nitrogens with zero attached hydrogens (tertiary/aromatic N) is 1. The molecule has 0 saturated heterocycles. The van der Waals surface area contributed by atoms with Crippen LogP contribution in [0.1, 0.15) is 31.7 Å². The third kappa shape index (κ3) is 5.24. The second kappa shape index (κ2) is 7.54. The van der Waals surface area contributed by atoms with Crippen molar-refractivity contribution in [1.82, 2.24) is 0 Å². The van der Waals surface area contributed by atoms with E-state index in [1.54, 1.807) is 0 Å². The maximum absolute atomic E-state index is 8.37. The summed E-state index contributed by atoms with van der Waals surface area (Å²) in [7, 11) is 0. The van der Waals surface area contributed by atoms with E-state index in [1.165, 1.54) is 12.0 Å². The summed E-state index contributed by atoms with van der Waals surface area (Å²) in [5, 5.41) is 14.6. The van der Waals surface area contributed by atoms with Gasteiger partial charge >= 0.3 is 0 Å². The number of aryl methyl sites for hydroxylation is 1. The molecule has 4 heteroatoms. The molecule has 94 valence electrons. The number of nitrogens with one attached hydrogen (secondary N) is 1. The molecule has 0 aliphatic rings. The van der Waals surface area contributed by atoms with Crippen LogP contribution in [0.2, 0.25) is 0 Å². The number of oxime groups is 1. The third-order valence-corrected chi connectivity index (χ3v) is 2.56. The molecule has 0 spiro atoms. The second-order valence-corrected chi connectivity index (χ2v) is 4.07. The van der Waals surface area contributed by atoms with Crippen LogP contribution >= 0.6 is 0 Å². The monoisotopic (exact) mass is 235 g/mol. The van der Waals surface area contributed by atoms with E-state index in [1.807, 2.05) is 0 Å². The van der Waals surface area contributed by atoms with Gasteiger partial charge in [0.25, 0.3) is 0 Å². The Labute approximate surface area is 103 Å². The molecule has 1 rings (SSSR count). The first-order valence-electron chi connectivity index (χ1n) is 6.05. The average Bonchev–Trinajstić information content (AvgIpc) is 2.36. The van der Waals surface area contributed by atoms with Crippen molar-refractivity contribution >= 4 is 11.5 Å². The number of hydrogen-bond donors (Lipinski definition) is 3. The molecule has 0 aliphatic carbocycles. The molecule has 0 unspecified atom stereocenters. The zero-order valence-corrected chi connectivity index (χ0v) is 10.3. The van der Waals surface area contributed by atoms with E-state index < -0.39 is 0 Å². The van der Waals surface area contributed by atoms with Crippen molar-refractivity contribution in [1.29, 1.82) is 0 Å². The van der Waals surface area contributed by atoms with Crippen molar-refractivity contribution in [3.8, 4) is 0 Å². The van der Waals surface area contributed by atoms with Gasteiger partial charge in [0.1, 0.15) is 5.84 Å². The Balaban J connectivity index is 2.27. The lowest BCUT2D eigenvalue weighted by Gasteiger charge is -2.06. The quantitative estimate of drug-likeness (QED) is 0.224. The van der Waals surface area contributed by atoms with Crippen LogP contribution in [0, 0.1) is 0 Å². The number of hydrogen-bond acceptors (Lipinski definition) is 3. The zero-order chi connectivity index (χ0) is 12.5. The van der Waals surface area contributed by atoms with Crippen LogP contribution in [-0.2, 0) is 6.42 Å². The van der Waals surface area contributed by atoms with Crippen LogP contribution in [-0.4, -0.2) is 17.6 Å². The van der Waals surface area contributed by atoms with Crippen LogP contribution < -0.4 is 11.1 Å². The molecule has 0 radical (unpaired) electrons. The van der Waals surface area contributed by atoms with Gasteiger partial charge in [-0.3, -0.25) is 0 Å². The number of nitrogens with two attached hydrogens (primary N) is 1. The lowest BCUT2D eigenvalue weighted by Crippen LogP contribution is -2.13. The van der Waals surface area contributed by atoms with Crippen LogP contribution in [0.5, 0.6) is 0 Å². The molecule has 0 amide bonds. The molecule has 4 N–H and O–H groups in total. The minimum absolute atomic E-state index is 0.282. The molecule has 0 atom stereocenters. The highest BCUT2D eigenvalue weighted by atomic mass is 16.4. The van der Waals surface area contributed by atoms with E-state index in [9.17, 15) is 0 Å². The van der Waals surface area contributed by atoms with Gasteiger partial charge in [-0.15, -0.1) is 0 Å². The van der Waals surface area contributed by atoms with Gasteiger partial charge in [-0.25, -0.2) is 0 Å². The van der Waals surface area contributed by atoms with Crippen molar-refractivity contribution in [3.63, 3.8) is 0 Å². The Bertz CT molecular complexity index is 346. The van der Waals surface area contributed by atoms with Crippen LogP contribution in [0.3, 0.4) is 0 Å². The highest BCUT2D eigenvalue weighted by Gasteiger charge is 1.95. The highest BCUT2D eigenvalue weighted by Crippen LogP contribution is 2.11. The van der Waals surface area contributed by atoms with E-state index in [0.717, 1.165) is 25.1 Å². The maximum atomic E-state index is 8.37. The van der Waals surface area contributed by atoms with Crippen LogP contribution in [0.25, 0.3) is 0 Å². The standard InChI is InChI=1S/C13H21N3O/c1-2-4-11-6-8-12(9-7-11)15-10-3-5-13(14)16-17/h6-9,15,17H,2-5,10H2,1H3,(H2,14,16). The Morgan fingerprint density at radius 1 is 1.35 bits per heavy atom. The minimum Gasteiger partial charge on any atom is -0.409 e. The van der Waals surface area contributed by atoms with Gasteiger partial charge in [0.15, 0.2) is 0 Å². The zero-order valence-electron chi connectivity index (χ0n) is 10.3. The first-order valence-corrected chi connectivity index (χ1v) is 6.05. The van der Waals surface area contributed by atoms with Crippen molar-refractivity contribution in [2.24, 2.45) is 10.9 Å². The molecular formula is C13H21N3O. The molecule has 4 nitrogen and oxygen atoms in total. The van der Waals surface area contributed by atoms with Gasteiger partial charge in [-0.1, -0.05) is 30.6 Å². The number of rotatable bonds is 7. The second-order valence-electron chi connectivity index (χ2n) is 4.07. The summed E-state index contributed by atoms with van der Waals surface area (Å²) in [6.07, 6.45) is 3.76. The summed E-state index contributed by atoms with van der Waals surface area (Å²) in [4.78, 5) is 0. The number of amidine groups is 1. The summed E-state index contributed by atoms with van der Waals surface area (Å²) in [5.41, 5.74) is 7.86. The fourth-order valence-electron chi connectivity index (χ4n) is 1.63. The summed E-state index contributed by atoms with van der Waals surface area (Å²) in [5.74, 6) is 0.282. The molecule has 0 bridgehead atoms. The first kappa shape index (κ1) is 13.4. The molecule has 0 heterocycles. The van der Waals surface area contributed by atoms with Crippen molar-refractivity contribution in [3.05, 3.63) is 29.8 Å². The van der Waals surface area contributed by atoms with Gasteiger partial charge in [-0.2, -0.15) is 0 Å². The summed E-state index contributed by atoms with van der Waals surface area (Å²) in [6.45, 7) is 3.00.